The van der Waals surface area contributed by atoms with E-state index in [1.54, 1.807) is 6.20 Å². The fourth-order valence-corrected chi connectivity index (χ4v) is 5.05. The van der Waals surface area contributed by atoms with E-state index in [1.165, 1.54) is 12.1 Å². The number of hydrogen-bond acceptors (Lipinski definition) is 6. The van der Waals surface area contributed by atoms with Gasteiger partial charge in [0.2, 0.25) is 5.95 Å². The smallest absolute Gasteiger partial charge is 0.213 e. The number of aromatic nitrogens is 1. The number of fused-ring (bicyclic) bond motifs is 2. The molecule has 1 spiro atoms. The van der Waals surface area contributed by atoms with Crippen LogP contribution in [0.1, 0.15) is 40.7 Å². The standard InChI is InChI=1S/C29H31F3N4O2/c1-35(2)13-14-38-34-28(22-7-8-25(30)26(31)15-22)21-5-3-20(4-6-21)18-36-11-9-29(10-12-36)24-17-33-27(32)16-23(24)19-37-29/h3-8,15-17H,9-14,18-19H2,1-2H3. The average Bonchev–Trinajstić information content (AvgIpc) is 3.24. The van der Waals surface area contributed by atoms with E-state index in [2.05, 4.69) is 15.0 Å². The number of pyridine rings is 1. The molecule has 0 saturated carbocycles. The highest BCUT2D eigenvalue weighted by atomic mass is 19.2. The summed E-state index contributed by atoms with van der Waals surface area (Å²) in [6, 6.07) is 13.1. The van der Waals surface area contributed by atoms with Crippen LogP contribution < -0.4 is 0 Å². The van der Waals surface area contributed by atoms with Crippen molar-refractivity contribution in [3.8, 4) is 0 Å². The highest BCUT2D eigenvalue weighted by Gasteiger charge is 2.43. The third-order valence-corrected chi connectivity index (χ3v) is 7.23. The Hall–Kier alpha value is -3.27. The van der Waals surface area contributed by atoms with E-state index >= 15 is 0 Å². The second kappa shape index (κ2) is 11.2. The monoisotopic (exact) mass is 524 g/mol. The van der Waals surface area contributed by atoms with Gasteiger partial charge in [-0.15, -0.1) is 0 Å². The molecule has 3 heterocycles. The molecule has 2 aliphatic rings. The topological polar surface area (TPSA) is 50.2 Å². The number of piperidine rings is 1. The van der Waals surface area contributed by atoms with Gasteiger partial charge >= 0.3 is 0 Å². The molecule has 5 rings (SSSR count). The first kappa shape index (κ1) is 26.3. The first-order valence-electron chi connectivity index (χ1n) is 12.7. The molecule has 2 aromatic carbocycles. The molecule has 6 nitrogen and oxygen atoms in total. The van der Waals surface area contributed by atoms with Gasteiger partial charge in [0.15, 0.2) is 11.6 Å². The number of rotatable bonds is 8. The van der Waals surface area contributed by atoms with Gasteiger partial charge in [0.25, 0.3) is 0 Å². The van der Waals surface area contributed by atoms with Crippen molar-refractivity contribution in [2.24, 2.45) is 5.16 Å². The van der Waals surface area contributed by atoms with Crippen LogP contribution >= 0.6 is 0 Å². The summed E-state index contributed by atoms with van der Waals surface area (Å²) in [6.45, 7) is 3.93. The first-order valence-corrected chi connectivity index (χ1v) is 12.7. The molecule has 0 atom stereocenters. The van der Waals surface area contributed by atoms with Gasteiger partial charge in [0, 0.05) is 49.1 Å². The van der Waals surface area contributed by atoms with Crippen LogP contribution in [0.25, 0.3) is 0 Å². The Balaban J connectivity index is 1.26. The predicted octanol–water partition coefficient (Wildman–Crippen LogP) is 4.85. The minimum Gasteiger partial charge on any atom is -0.394 e. The fraction of sp³-hybridized carbons (Fsp3) is 0.379. The van der Waals surface area contributed by atoms with Gasteiger partial charge in [-0.2, -0.15) is 4.39 Å². The number of likely N-dealkylation sites (N-methyl/N-ethyl adjacent to an activating group) is 1. The molecule has 38 heavy (non-hydrogen) atoms. The van der Waals surface area contributed by atoms with Crippen molar-refractivity contribution in [3.63, 3.8) is 0 Å². The third-order valence-electron chi connectivity index (χ3n) is 7.23. The maximum Gasteiger partial charge on any atom is 0.213 e. The normalized spacial score (nSPS) is 17.3. The summed E-state index contributed by atoms with van der Waals surface area (Å²) in [6.07, 6.45) is 3.27. The van der Waals surface area contributed by atoms with Gasteiger partial charge in [-0.1, -0.05) is 29.4 Å². The quantitative estimate of drug-likeness (QED) is 0.183. The highest BCUT2D eigenvalue weighted by molar-refractivity contribution is 6.12. The molecule has 1 saturated heterocycles. The summed E-state index contributed by atoms with van der Waals surface area (Å²) in [4.78, 5) is 13.7. The predicted molar refractivity (Wildman–Crippen MR) is 138 cm³/mol. The molecule has 0 radical (unpaired) electrons. The average molecular weight is 525 g/mol. The Bertz CT molecular complexity index is 1310. The van der Waals surface area contributed by atoms with Crippen LogP contribution in [-0.2, 0) is 28.3 Å². The van der Waals surface area contributed by atoms with Crippen LogP contribution in [0.4, 0.5) is 13.2 Å². The molecule has 9 heteroatoms. The Labute approximate surface area is 220 Å². The molecular weight excluding hydrogens is 493 g/mol. The zero-order chi connectivity index (χ0) is 26.7. The summed E-state index contributed by atoms with van der Waals surface area (Å²) in [5.41, 5.74) is 4.28. The van der Waals surface area contributed by atoms with E-state index in [4.69, 9.17) is 9.57 Å². The molecule has 0 amide bonds. The molecule has 200 valence electrons. The van der Waals surface area contributed by atoms with Crippen LogP contribution in [0.15, 0.2) is 59.9 Å². The van der Waals surface area contributed by atoms with Crippen molar-refractivity contribution in [1.29, 1.82) is 0 Å². The number of likely N-dealkylation sites (tertiary alicyclic amines) is 1. The second-order valence-electron chi connectivity index (χ2n) is 10.1. The van der Waals surface area contributed by atoms with Gasteiger partial charge in [-0.3, -0.25) is 4.90 Å². The van der Waals surface area contributed by atoms with Gasteiger partial charge in [-0.05, 0) is 62.3 Å². The van der Waals surface area contributed by atoms with Crippen molar-refractivity contribution in [1.82, 2.24) is 14.8 Å². The minimum atomic E-state index is -0.933. The van der Waals surface area contributed by atoms with Crippen LogP contribution in [0.5, 0.6) is 0 Å². The van der Waals surface area contributed by atoms with Crippen molar-refractivity contribution < 1.29 is 22.7 Å². The van der Waals surface area contributed by atoms with E-state index in [0.29, 0.717) is 31.0 Å². The summed E-state index contributed by atoms with van der Waals surface area (Å²) in [5, 5.41) is 4.26. The van der Waals surface area contributed by atoms with Crippen LogP contribution in [0.3, 0.4) is 0 Å². The Morgan fingerprint density at radius 3 is 2.47 bits per heavy atom. The van der Waals surface area contributed by atoms with Crippen molar-refractivity contribution >= 4 is 5.71 Å². The van der Waals surface area contributed by atoms with E-state index in [1.807, 2.05) is 43.3 Å². The summed E-state index contributed by atoms with van der Waals surface area (Å²) in [7, 11) is 3.87. The number of ether oxygens (including phenoxy) is 1. The molecule has 0 unspecified atom stereocenters. The lowest BCUT2D eigenvalue weighted by Gasteiger charge is -2.39. The number of oxime groups is 1. The molecular formula is C29H31F3N4O2. The van der Waals surface area contributed by atoms with E-state index in [-0.39, 0.29) is 5.60 Å². The lowest BCUT2D eigenvalue weighted by atomic mass is 9.84. The van der Waals surface area contributed by atoms with Gasteiger partial charge < -0.3 is 14.5 Å². The Morgan fingerprint density at radius 1 is 1.03 bits per heavy atom. The fourth-order valence-electron chi connectivity index (χ4n) is 5.05. The van der Waals surface area contributed by atoms with Crippen LogP contribution in [-0.4, -0.2) is 60.8 Å². The lowest BCUT2D eigenvalue weighted by Crippen LogP contribution is -2.42. The van der Waals surface area contributed by atoms with Crippen LogP contribution in [0.2, 0.25) is 0 Å². The molecule has 1 aromatic heterocycles. The second-order valence-corrected chi connectivity index (χ2v) is 10.1. The largest absolute Gasteiger partial charge is 0.394 e. The zero-order valence-corrected chi connectivity index (χ0v) is 21.6. The Morgan fingerprint density at radius 2 is 1.76 bits per heavy atom. The molecule has 0 aliphatic carbocycles. The van der Waals surface area contributed by atoms with Gasteiger partial charge in [0.05, 0.1) is 12.2 Å². The molecule has 0 bridgehead atoms. The number of benzene rings is 2. The van der Waals surface area contributed by atoms with Gasteiger partial charge in [0.1, 0.15) is 12.3 Å². The van der Waals surface area contributed by atoms with Crippen molar-refractivity contribution in [2.45, 2.75) is 31.6 Å². The van der Waals surface area contributed by atoms with E-state index < -0.39 is 17.6 Å². The molecule has 3 aromatic rings. The highest BCUT2D eigenvalue weighted by Crippen LogP contribution is 2.44. The van der Waals surface area contributed by atoms with Crippen molar-refractivity contribution in [3.05, 3.63) is 100 Å². The lowest BCUT2D eigenvalue weighted by molar-refractivity contribution is -0.0800. The number of halogens is 3. The van der Waals surface area contributed by atoms with Crippen LogP contribution in [0, 0.1) is 17.6 Å². The zero-order valence-electron chi connectivity index (χ0n) is 21.6. The van der Waals surface area contributed by atoms with E-state index in [0.717, 1.165) is 66.9 Å². The third kappa shape index (κ3) is 5.75. The van der Waals surface area contributed by atoms with Crippen molar-refractivity contribution in [2.75, 3.05) is 40.3 Å². The summed E-state index contributed by atoms with van der Waals surface area (Å²) in [5.74, 6) is -2.31. The number of hydrogen-bond donors (Lipinski definition) is 0. The Kier molecular flexibility index (Phi) is 7.78. The summed E-state index contributed by atoms with van der Waals surface area (Å²) >= 11 is 0. The first-order chi connectivity index (χ1) is 18.3. The molecule has 2 aliphatic heterocycles. The maximum absolute atomic E-state index is 14.0. The number of nitrogens with zero attached hydrogens (tertiary/aromatic N) is 4. The summed E-state index contributed by atoms with van der Waals surface area (Å²) < 4.78 is 47.2. The minimum absolute atomic E-state index is 0.369. The maximum atomic E-state index is 14.0. The van der Waals surface area contributed by atoms with E-state index in [9.17, 15) is 13.2 Å². The molecule has 0 N–H and O–H groups in total. The van der Waals surface area contributed by atoms with Gasteiger partial charge in [-0.25, -0.2) is 13.8 Å². The SMILES string of the molecule is CN(C)CCON=C(c1ccc(CN2CCC3(CC2)OCc2cc(F)ncc23)cc1)c1ccc(F)c(F)c1. The molecule has 1 fully saturated rings.